The molecule has 2 heterocycles. The van der Waals surface area contributed by atoms with Crippen LogP contribution in [0.4, 0.5) is 17.1 Å². The number of methoxy groups -OCH3 is 1. The second-order valence-corrected chi connectivity index (χ2v) is 16.5. The Hall–Kier alpha value is -4.36. The molecule has 3 aromatic carbocycles. The molecule has 6 N–H and O–H groups in total. The van der Waals surface area contributed by atoms with E-state index in [9.17, 15) is 19.8 Å². The third-order valence-electron chi connectivity index (χ3n) is 12.7. The van der Waals surface area contributed by atoms with Gasteiger partial charge >= 0.3 is 0 Å². The quantitative estimate of drug-likeness (QED) is 0.155. The summed E-state index contributed by atoms with van der Waals surface area (Å²) in [5.41, 5.74) is 5.94. The number of hydroxylamine groups is 2. The molecule has 3 saturated carbocycles. The molecule has 0 spiro atoms. The summed E-state index contributed by atoms with van der Waals surface area (Å²) in [4.78, 5) is 36.1. The number of fused-ring (bicyclic) bond motifs is 3. The van der Waals surface area contributed by atoms with Gasteiger partial charge in [-0.15, -0.1) is 0 Å². The number of hydrogen-bond donors (Lipinski definition) is 6. The second kappa shape index (κ2) is 15.1. The van der Waals surface area contributed by atoms with Crippen LogP contribution in [0.3, 0.4) is 0 Å². The fourth-order valence-electron chi connectivity index (χ4n) is 9.53. The van der Waals surface area contributed by atoms with E-state index < -0.39 is 24.2 Å². The molecule has 3 aliphatic carbocycles. The first-order chi connectivity index (χ1) is 25.8. The van der Waals surface area contributed by atoms with Crippen molar-refractivity contribution < 1.29 is 29.4 Å². The van der Waals surface area contributed by atoms with Gasteiger partial charge in [-0.3, -0.25) is 14.4 Å². The first kappa shape index (κ1) is 37.9. The molecular formula is C42H56N6O6. The van der Waals surface area contributed by atoms with Gasteiger partial charge in [0.15, 0.2) is 0 Å². The average molecular weight is 741 g/mol. The Morgan fingerprint density at radius 3 is 2.41 bits per heavy atom. The zero-order chi connectivity index (χ0) is 38.5. The molecule has 1 saturated heterocycles. The number of hydrogen-bond acceptors (Lipinski definition) is 10. The number of carbonyl (C=O) groups is 2. The molecule has 290 valence electrons. The maximum atomic E-state index is 14.3. The highest BCUT2D eigenvalue weighted by atomic mass is 16.7. The van der Waals surface area contributed by atoms with Gasteiger partial charge in [-0.25, -0.2) is 0 Å². The Morgan fingerprint density at radius 1 is 1.07 bits per heavy atom. The van der Waals surface area contributed by atoms with Gasteiger partial charge in [-0.05, 0) is 78.8 Å². The fraction of sp³-hybridized carbons (Fsp3) is 0.524. The van der Waals surface area contributed by atoms with Crippen LogP contribution in [-0.2, 0) is 16.2 Å². The first-order valence-corrected chi connectivity index (χ1v) is 19.2. The van der Waals surface area contributed by atoms with Crippen molar-refractivity contribution in [2.24, 2.45) is 29.1 Å². The number of amides is 2. The molecule has 12 nitrogen and oxygen atoms in total. The molecule has 2 aliphatic heterocycles. The van der Waals surface area contributed by atoms with Gasteiger partial charge in [-0.1, -0.05) is 51.1 Å². The Balaban J connectivity index is 1.13. The van der Waals surface area contributed by atoms with E-state index in [1.807, 2.05) is 79.7 Å². The van der Waals surface area contributed by atoms with Crippen molar-refractivity contribution in [2.75, 3.05) is 49.9 Å². The lowest BCUT2D eigenvalue weighted by Crippen LogP contribution is -2.62. The smallest absolute Gasteiger partial charge is 0.251 e. The highest BCUT2D eigenvalue weighted by molar-refractivity contribution is 5.97. The molecular weight excluding hydrogens is 684 g/mol. The van der Waals surface area contributed by atoms with Gasteiger partial charge in [0.25, 0.3) is 5.91 Å². The van der Waals surface area contributed by atoms with Crippen molar-refractivity contribution in [1.82, 2.24) is 15.7 Å². The molecule has 0 aromatic heterocycles. The van der Waals surface area contributed by atoms with Gasteiger partial charge in [0.2, 0.25) is 5.91 Å². The van der Waals surface area contributed by atoms with Crippen molar-refractivity contribution >= 4 is 28.9 Å². The lowest BCUT2D eigenvalue weighted by molar-refractivity contribution is -0.183. The molecule has 12 heteroatoms. The van der Waals surface area contributed by atoms with Gasteiger partial charge < -0.3 is 41.1 Å². The molecule has 0 radical (unpaired) electrons. The van der Waals surface area contributed by atoms with Gasteiger partial charge in [-0.2, -0.15) is 5.06 Å². The van der Waals surface area contributed by atoms with Crippen LogP contribution in [0.1, 0.15) is 56.5 Å². The van der Waals surface area contributed by atoms with E-state index in [0.29, 0.717) is 35.6 Å². The van der Waals surface area contributed by atoms with Crippen LogP contribution in [-0.4, -0.2) is 91.9 Å². The molecule has 8 atom stereocenters. The van der Waals surface area contributed by atoms with Crippen molar-refractivity contribution in [3.63, 3.8) is 0 Å². The number of benzene rings is 3. The maximum Gasteiger partial charge on any atom is 0.251 e. The topological polar surface area (TPSA) is 148 Å². The minimum Gasteiger partial charge on any atom is -0.496 e. The molecule has 3 aromatic rings. The van der Waals surface area contributed by atoms with Crippen LogP contribution < -0.4 is 30.9 Å². The molecule has 4 fully saturated rings. The first-order valence-electron chi connectivity index (χ1n) is 19.2. The van der Waals surface area contributed by atoms with Gasteiger partial charge in [0.05, 0.1) is 44.3 Å². The van der Waals surface area contributed by atoms with Crippen LogP contribution in [0.15, 0.2) is 60.7 Å². The van der Waals surface area contributed by atoms with Crippen LogP contribution >= 0.6 is 0 Å². The Morgan fingerprint density at radius 2 is 1.80 bits per heavy atom. The number of carbonyl (C=O) groups excluding carboxylic acids is 2. The third kappa shape index (κ3) is 7.00. The van der Waals surface area contributed by atoms with E-state index in [1.165, 1.54) is 6.42 Å². The van der Waals surface area contributed by atoms with Crippen molar-refractivity contribution in [3.05, 3.63) is 71.8 Å². The van der Waals surface area contributed by atoms with Crippen molar-refractivity contribution in [3.8, 4) is 16.9 Å². The summed E-state index contributed by atoms with van der Waals surface area (Å²) in [6, 6.07) is 18.7. The summed E-state index contributed by atoms with van der Waals surface area (Å²) in [5, 5.41) is 36.1. The van der Waals surface area contributed by atoms with Crippen LogP contribution in [0.25, 0.3) is 11.1 Å². The molecule has 2 amide bonds. The number of rotatable bonds is 12. The minimum atomic E-state index is -0.902. The summed E-state index contributed by atoms with van der Waals surface area (Å²) >= 11 is 0. The van der Waals surface area contributed by atoms with Crippen LogP contribution in [0, 0.1) is 29.1 Å². The molecule has 5 aliphatic rings. The predicted octanol–water partition coefficient (Wildman–Crippen LogP) is 4.68. The summed E-state index contributed by atoms with van der Waals surface area (Å²) in [5.74, 6) is 0.976. The van der Waals surface area contributed by atoms with Gasteiger partial charge in [0, 0.05) is 48.4 Å². The number of nitrogens with one attached hydrogen (secondary N) is 4. The van der Waals surface area contributed by atoms with E-state index in [0.717, 1.165) is 40.2 Å². The average Bonchev–Trinajstić information content (AvgIpc) is 3.75. The summed E-state index contributed by atoms with van der Waals surface area (Å²) < 4.78 is 6.07. The largest absolute Gasteiger partial charge is 0.496 e. The Labute approximate surface area is 318 Å². The monoisotopic (exact) mass is 740 g/mol. The predicted molar refractivity (Wildman–Crippen MR) is 210 cm³/mol. The number of para-hydroxylation sites is 3. The van der Waals surface area contributed by atoms with E-state index in [1.54, 1.807) is 19.1 Å². The SMILES string of the molecule is COc1c(CN2O[C@@H](CO)[C@H]([C@H](C)O)[C@H]2C(=O)N[C@H]2C[C@H]3C[C@@H]([C@@H]2C)C3(C)C)cccc1-c1cc(C(=O)NCC2Nc3ccccc3N2)cc(N(C)C)c1. The van der Waals surface area contributed by atoms with Gasteiger partial charge in [0.1, 0.15) is 24.1 Å². The molecule has 54 heavy (non-hydrogen) atoms. The van der Waals surface area contributed by atoms with Crippen molar-refractivity contribution in [2.45, 2.75) is 77.5 Å². The fourth-order valence-corrected chi connectivity index (χ4v) is 9.53. The zero-order valence-electron chi connectivity index (χ0n) is 32.4. The van der Waals surface area contributed by atoms with Crippen LogP contribution in [0.2, 0.25) is 0 Å². The number of ether oxygens (including phenoxy) is 1. The minimum absolute atomic E-state index is 0.0363. The van der Waals surface area contributed by atoms with E-state index >= 15 is 0 Å². The Kier molecular flexibility index (Phi) is 10.6. The summed E-state index contributed by atoms with van der Waals surface area (Å²) in [6.45, 7) is 8.75. The second-order valence-electron chi connectivity index (χ2n) is 16.5. The zero-order valence-corrected chi connectivity index (χ0v) is 32.4. The van der Waals surface area contributed by atoms with Crippen LogP contribution in [0.5, 0.6) is 5.75 Å². The Bertz CT molecular complexity index is 1840. The van der Waals surface area contributed by atoms with E-state index in [4.69, 9.17) is 9.57 Å². The van der Waals surface area contributed by atoms with E-state index in [-0.39, 0.29) is 42.6 Å². The lowest BCUT2D eigenvalue weighted by atomic mass is 9.45. The summed E-state index contributed by atoms with van der Waals surface area (Å²) in [7, 11) is 5.47. The number of aliphatic hydroxyl groups is 2. The number of anilines is 3. The molecule has 2 bridgehead atoms. The number of aliphatic hydroxyl groups excluding tert-OH is 2. The third-order valence-corrected chi connectivity index (χ3v) is 12.7. The standard InChI is InChI=1S/C42H56N6O6/c1-23-31-18-28(42(31,3)4)19-34(23)46-41(52)38-37(24(2)50)35(22-49)54-48(38)21-25-11-10-12-30(39(25)53-7)26-15-27(17-29(16-26)47(5)6)40(51)43-20-36-44-32-13-8-9-14-33(32)45-36/h8-17,23-24,28,31,34-38,44-45,49-50H,18-22H2,1-7H3,(H,43,51)(H,46,52)/t23-,24-,28+,31-,34-,35-,37-,38-/m0/s1. The highest BCUT2D eigenvalue weighted by Crippen LogP contribution is 2.61. The summed E-state index contributed by atoms with van der Waals surface area (Å²) in [6.07, 6.45) is 0.332. The van der Waals surface area contributed by atoms with E-state index in [2.05, 4.69) is 42.0 Å². The lowest BCUT2D eigenvalue weighted by Gasteiger charge is -2.62. The molecule has 0 unspecified atom stereocenters. The normalized spacial score (nSPS) is 27.5. The molecule has 8 rings (SSSR count). The van der Waals surface area contributed by atoms with Crippen molar-refractivity contribution in [1.29, 1.82) is 0 Å². The number of nitrogens with zero attached hydrogens (tertiary/aromatic N) is 2. The highest BCUT2D eigenvalue weighted by Gasteiger charge is 2.57. The maximum absolute atomic E-state index is 14.3.